The molecule has 0 bridgehead atoms. The summed E-state index contributed by atoms with van der Waals surface area (Å²) in [6, 6.07) is 10.5. The Morgan fingerprint density at radius 3 is 2.57 bits per heavy atom. The van der Waals surface area contributed by atoms with Crippen molar-refractivity contribution in [2.24, 2.45) is 0 Å². The van der Waals surface area contributed by atoms with Crippen molar-refractivity contribution in [3.05, 3.63) is 63.2 Å². The lowest BCUT2D eigenvalue weighted by molar-refractivity contribution is -0.383. The van der Waals surface area contributed by atoms with Crippen LogP contribution in [-0.2, 0) is 0 Å². The zero-order chi connectivity index (χ0) is 15.4. The molecule has 0 saturated carbocycles. The number of benzene rings is 2. The van der Waals surface area contributed by atoms with Crippen molar-refractivity contribution in [2.45, 2.75) is 0 Å². The van der Waals surface area contributed by atoms with Crippen molar-refractivity contribution in [2.75, 3.05) is 5.32 Å². The molecule has 2 rings (SSSR count). The number of nitrogens with zero attached hydrogens (tertiary/aromatic N) is 1. The summed E-state index contributed by atoms with van der Waals surface area (Å²) in [4.78, 5) is 22.5. The molecular formula is C13H8Cl2N2O4. The second kappa shape index (κ2) is 6.43. The molecule has 0 unspecified atom stereocenters. The van der Waals surface area contributed by atoms with Gasteiger partial charge in [-0.1, -0.05) is 29.8 Å². The van der Waals surface area contributed by atoms with Gasteiger partial charge in [0.2, 0.25) is 0 Å². The lowest BCUT2D eigenvalue weighted by Gasteiger charge is -2.08. The predicted molar refractivity (Wildman–Crippen MR) is 79.0 cm³/mol. The first-order valence-electron chi connectivity index (χ1n) is 5.66. The predicted octanol–water partition coefficient (Wildman–Crippen LogP) is 4.03. The Morgan fingerprint density at radius 1 is 1.19 bits per heavy atom. The number of amides is 1. The Morgan fingerprint density at radius 2 is 1.90 bits per heavy atom. The maximum atomic E-state index is 12.2. The van der Waals surface area contributed by atoms with Gasteiger partial charge < -0.3 is 9.61 Å². The van der Waals surface area contributed by atoms with Gasteiger partial charge in [-0.3, -0.25) is 14.9 Å². The molecule has 0 heterocycles. The summed E-state index contributed by atoms with van der Waals surface area (Å²) in [5.41, 5.74) is -0.250. The quantitative estimate of drug-likeness (QED) is 0.679. The van der Waals surface area contributed by atoms with E-state index in [2.05, 4.69) is 9.61 Å². The third-order valence-corrected chi connectivity index (χ3v) is 3.10. The summed E-state index contributed by atoms with van der Waals surface area (Å²) in [7, 11) is 0. The summed E-state index contributed by atoms with van der Waals surface area (Å²) in [5, 5.41) is 13.4. The molecule has 0 aliphatic heterocycles. The molecule has 2 aromatic rings. The Balaban J connectivity index is 2.37. The van der Waals surface area contributed by atoms with Gasteiger partial charge in [0.05, 0.1) is 10.5 Å². The van der Waals surface area contributed by atoms with E-state index in [1.54, 1.807) is 12.1 Å². The minimum absolute atomic E-state index is 0.0122. The Hall–Kier alpha value is -2.31. The van der Waals surface area contributed by atoms with Crippen molar-refractivity contribution < 1.29 is 14.0 Å². The molecule has 21 heavy (non-hydrogen) atoms. The molecule has 0 radical (unpaired) electrons. The van der Waals surface area contributed by atoms with Crippen LogP contribution in [0.2, 0.25) is 5.02 Å². The summed E-state index contributed by atoms with van der Waals surface area (Å²) >= 11 is 11.1. The van der Waals surface area contributed by atoms with Crippen molar-refractivity contribution in [1.29, 1.82) is 0 Å². The number of para-hydroxylation sites is 2. The fraction of sp³-hybridized carbons (Fsp3) is 0. The standard InChI is InChI=1S/C13H8Cl2N2O4/c14-9-5-3-6-10(12(9)17(19)20)16-13(18)8-4-1-2-7-11(8)21-15/h1-7H,(H,16,18). The fourth-order valence-electron chi connectivity index (χ4n) is 1.71. The highest BCUT2D eigenvalue weighted by molar-refractivity contribution is 6.33. The van der Waals surface area contributed by atoms with Crippen LogP contribution in [0.3, 0.4) is 0 Å². The molecular weight excluding hydrogens is 319 g/mol. The molecule has 108 valence electrons. The van der Waals surface area contributed by atoms with Gasteiger partial charge >= 0.3 is 5.69 Å². The van der Waals surface area contributed by atoms with Gasteiger partial charge in [-0.25, -0.2) is 0 Å². The number of carbonyl (C=O) groups excluding carboxylic acids is 1. The molecule has 1 N–H and O–H groups in total. The van der Waals surface area contributed by atoms with E-state index in [0.29, 0.717) is 0 Å². The van der Waals surface area contributed by atoms with Gasteiger partial charge in [0.15, 0.2) is 5.75 Å². The molecule has 0 aromatic heterocycles. The fourth-order valence-corrected chi connectivity index (χ4v) is 2.09. The number of hydrogen-bond donors (Lipinski definition) is 1. The van der Waals surface area contributed by atoms with E-state index in [0.717, 1.165) is 0 Å². The molecule has 0 saturated heterocycles. The van der Waals surface area contributed by atoms with Crippen LogP contribution in [-0.4, -0.2) is 10.8 Å². The number of nitro groups is 1. The monoisotopic (exact) mass is 326 g/mol. The molecule has 0 atom stereocenters. The minimum Gasteiger partial charge on any atom is -0.385 e. The van der Waals surface area contributed by atoms with Crippen molar-refractivity contribution >= 4 is 40.7 Å². The number of carbonyl (C=O) groups is 1. The molecule has 0 aliphatic rings. The molecule has 2 aromatic carbocycles. The minimum atomic E-state index is -0.665. The lowest BCUT2D eigenvalue weighted by atomic mass is 10.2. The van der Waals surface area contributed by atoms with Crippen LogP contribution in [0.25, 0.3) is 0 Å². The molecule has 0 fully saturated rings. The number of nitrogens with one attached hydrogen (secondary N) is 1. The van der Waals surface area contributed by atoms with Crippen LogP contribution < -0.4 is 9.61 Å². The normalized spacial score (nSPS) is 10.0. The SMILES string of the molecule is O=C(Nc1cccc(Cl)c1[N+](=O)[O-])c1ccccc1OCl. The van der Waals surface area contributed by atoms with E-state index in [4.69, 9.17) is 23.5 Å². The van der Waals surface area contributed by atoms with Gasteiger partial charge in [0, 0.05) is 0 Å². The lowest BCUT2D eigenvalue weighted by Crippen LogP contribution is -2.14. The summed E-state index contributed by atoms with van der Waals surface area (Å²) < 4.78 is 4.56. The molecule has 6 nitrogen and oxygen atoms in total. The maximum absolute atomic E-state index is 12.2. The highest BCUT2D eigenvalue weighted by atomic mass is 35.5. The van der Waals surface area contributed by atoms with Crippen LogP contribution in [0.1, 0.15) is 10.4 Å². The molecule has 1 amide bonds. The van der Waals surface area contributed by atoms with Crippen LogP contribution >= 0.6 is 23.5 Å². The van der Waals surface area contributed by atoms with Crippen LogP contribution in [0.4, 0.5) is 11.4 Å². The third kappa shape index (κ3) is 3.24. The topological polar surface area (TPSA) is 81.5 Å². The number of hydrogen-bond acceptors (Lipinski definition) is 4. The smallest absolute Gasteiger partial charge is 0.311 e. The average Bonchev–Trinajstić information content (AvgIpc) is 2.46. The Kier molecular flexibility index (Phi) is 4.62. The van der Waals surface area contributed by atoms with E-state index < -0.39 is 10.8 Å². The number of halogens is 2. The Bertz CT molecular complexity index is 706. The Labute approximate surface area is 129 Å². The second-order valence-electron chi connectivity index (χ2n) is 3.92. The van der Waals surface area contributed by atoms with E-state index in [1.807, 2.05) is 0 Å². The summed E-state index contributed by atoms with van der Waals surface area (Å²) in [5.74, 6) is -0.460. The van der Waals surface area contributed by atoms with Gasteiger partial charge in [0.1, 0.15) is 22.6 Å². The number of anilines is 1. The third-order valence-electron chi connectivity index (χ3n) is 2.63. The van der Waals surface area contributed by atoms with E-state index in [-0.39, 0.29) is 27.7 Å². The average molecular weight is 327 g/mol. The first kappa shape index (κ1) is 15.1. The largest absolute Gasteiger partial charge is 0.385 e. The van der Waals surface area contributed by atoms with Gasteiger partial charge in [-0.15, -0.1) is 0 Å². The number of rotatable bonds is 4. The maximum Gasteiger partial charge on any atom is 0.311 e. The van der Waals surface area contributed by atoms with Crippen LogP contribution in [0.15, 0.2) is 42.5 Å². The first-order valence-corrected chi connectivity index (χ1v) is 6.35. The zero-order valence-electron chi connectivity index (χ0n) is 10.4. The van der Waals surface area contributed by atoms with E-state index in [1.165, 1.54) is 30.3 Å². The highest BCUT2D eigenvalue weighted by Crippen LogP contribution is 2.33. The van der Waals surface area contributed by atoms with E-state index >= 15 is 0 Å². The number of nitro benzene ring substituents is 1. The second-order valence-corrected chi connectivity index (χ2v) is 4.48. The molecule has 8 heteroatoms. The van der Waals surface area contributed by atoms with Crippen molar-refractivity contribution in [3.63, 3.8) is 0 Å². The first-order chi connectivity index (χ1) is 10.0. The summed E-state index contributed by atoms with van der Waals surface area (Å²) in [6.07, 6.45) is 0. The summed E-state index contributed by atoms with van der Waals surface area (Å²) in [6.45, 7) is 0. The molecule has 0 aliphatic carbocycles. The molecule has 0 spiro atoms. The van der Waals surface area contributed by atoms with Crippen molar-refractivity contribution in [1.82, 2.24) is 0 Å². The van der Waals surface area contributed by atoms with E-state index in [9.17, 15) is 14.9 Å². The van der Waals surface area contributed by atoms with Crippen molar-refractivity contribution in [3.8, 4) is 5.75 Å². The highest BCUT2D eigenvalue weighted by Gasteiger charge is 2.21. The van der Waals surface area contributed by atoms with Crippen LogP contribution in [0, 0.1) is 10.1 Å². The zero-order valence-corrected chi connectivity index (χ0v) is 11.9. The van der Waals surface area contributed by atoms with Gasteiger partial charge in [0.25, 0.3) is 5.91 Å². The van der Waals surface area contributed by atoms with Crippen LogP contribution in [0.5, 0.6) is 5.75 Å². The van der Waals surface area contributed by atoms with Gasteiger partial charge in [-0.05, 0) is 24.3 Å². The van der Waals surface area contributed by atoms with Gasteiger partial charge in [-0.2, -0.15) is 0 Å².